The zero-order chi connectivity index (χ0) is 16.4. The number of thiophene rings is 1. The summed E-state index contributed by atoms with van der Waals surface area (Å²) in [4.78, 5) is 19.7. The lowest BCUT2D eigenvalue weighted by molar-refractivity contribution is 0.0781. The van der Waals surface area contributed by atoms with Gasteiger partial charge in [0.25, 0.3) is 5.91 Å². The predicted molar refractivity (Wildman–Crippen MR) is 93.4 cm³/mol. The standard InChI is InChI=1S/C17H15ClN2O2S/c1-20(10-13-5-8-16(18)23-13)17(21)15-6-3-11-9-12(22-2)4-7-14(11)19-15/h3-9H,10H2,1-2H3. The van der Waals surface area contributed by atoms with Gasteiger partial charge in [-0.2, -0.15) is 0 Å². The number of nitrogens with zero attached hydrogens (tertiary/aromatic N) is 2. The predicted octanol–water partition coefficient (Wildman–Crippen LogP) is 4.23. The van der Waals surface area contributed by atoms with Gasteiger partial charge in [-0.15, -0.1) is 11.3 Å². The minimum Gasteiger partial charge on any atom is -0.497 e. The second-order valence-corrected chi connectivity index (χ2v) is 6.92. The third-order valence-corrected chi connectivity index (χ3v) is 4.70. The van der Waals surface area contributed by atoms with Crippen LogP contribution in [0.2, 0.25) is 4.34 Å². The van der Waals surface area contributed by atoms with Crippen molar-refractivity contribution in [1.29, 1.82) is 0 Å². The van der Waals surface area contributed by atoms with Gasteiger partial charge < -0.3 is 9.64 Å². The Morgan fingerprint density at radius 2 is 2.09 bits per heavy atom. The van der Waals surface area contributed by atoms with Gasteiger partial charge in [-0.1, -0.05) is 17.7 Å². The first-order valence-corrected chi connectivity index (χ1v) is 8.21. The van der Waals surface area contributed by atoms with Crippen molar-refractivity contribution < 1.29 is 9.53 Å². The molecule has 4 nitrogen and oxygen atoms in total. The molecule has 0 unspecified atom stereocenters. The first-order valence-electron chi connectivity index (χ1n) is 7.01. The van der Waals surface area contributed by atoms with E-state index in [9.17, 15) is 4.79 Å². The van der Waals surface area contributed by atoms with Crippen LogP contribution in [0, 0.1) is 0 Å². The van der Waals surface area contributed by atoms with E-state index in [0.717, 1.165) is 25.9 Å². The lowest BCUT2D eigenvalue weighted by Gasteiger charge is -2.16. The van der Waals surface area contributed by atoms with Gasteiger partial charge >= 0.3 is 0 Å². The molecular weight excluding hydrogens is 332 g/mol. The van der Waals surface area contributed by atoms with Crippen molar-refractivity contribution in [3.8, 4) is 5.75 Å². The fraction of sp³-hybridized carbons (Fsp3) is 0.176. The van der Waals surface area contributed by atoms with Crippen LogP contribution in [0.5, 0.6) is 5.75 Å². The average molecular weight is 347 g/mol. The average Bonchev–Trinajstić information content (AvgIpc) is 2.97. The van der Waals surface area contributed by atoms with E-state index in [4.69, 9.17) is 16.3 Å². The molecule has 0 aliphatic carbocycles. The molecule has 1 aromatic carbocycles. The number of rotatable bonds is 4. The number of fused-ring (bicyclic) bond motifs is 1. The van der Waals surface area contributed by atoms with E-state index >= 15 is 0 Å². The number of amides is 1. The monoisotopic (exact) mass is 346 g/mol. The van der Waals surface area contributed by atoms with Crippen molar-refractivity contribution in [3.05, 3.63) is 57.4 Å². The number of pyridine rings is 1. The summed E-state index contributed by atoms with van der Waals surface area (Å²) in [6.07, 6.45) is 0. The van der Waals surface area contributed by atoms with Crippen LogP contribution in [-0.4, -0.2) is 29.9 Å². The second-order valence-electron chi connectivity index (χ2n) is 5.12. The highest BCUT2D eigenvalue weighted by Crippen LogP contribution is 2.23. The van der Waals surface area contributed by atoms with E-state index in [-0.39, 0.29) is 5.91 Å². The molecule has 0 aliphatic rings. The third kappa shape index (κ3) is 3.46. The second kappa shape index (κ2) is 6.56. The maximum atomic E-state index is 12.5. The number of carbonyl (C=O) groups is 1. The van der Waals surface area contributed by atoms with Gasteiger partial charge in [-0.25, -0.2) is 4.98 Å². The lowest BCUT2D eigenvalue weighted by atomic mass is 10.2. The molecule has 23 heavy (non-hydrogen) atoms. The molecule has 0 saturated carbocycles. The van der Waals surface area contributed by atoms with Crippen molar-refractivity contribution in [1.82, 2.24) is 9.88 Å². The normalized spacial score (nSPS) is 10.7. The Balaban J connectivity index is 1.82. The Bertz CT molecular complexity index is 863. The molecule has 2 heterocycles. The van der Waals surface area contributed by atoms with Gasteiger partial charge in [-0.3, -0.25) is 4.79 Å². The highest BCUT2D eigenvalue weighted by molar-refractivity contribution is 7.16. The van der Waals surface area contributed by atoms with Crippen molar-refractivity contribution in [3.63, 3.8) is 0 Å². The molecule has 6 heteroatoms. The van der Waals surface area contributed by atoms with Gasteiger partial charge in [0.2, 0.25) is 0 Å². The van der Waals surface area contributed by atoms with Crippen LogP contribution < -0.4 is 4.74 Å². The number of aromatic nitrogens is 1. The SMILES string of the molecule is COc1ccc2nc(C(=O)N(C)Cc3ccc(Cl)s3)ccc2c1. The zero-order valence-corrected chi connectivity index (χ0v) is 14.3. The van der Waals surface area contributed by atoms with Crippen molar-refractivity contribution in [2.45, 2.75) is 6.54 Å². The van der Waals surface area contributed by atoms with E-state index in [1.165, 1.54) is 11.3 Å². The molecule has 3 rings (SSSR count). The minimum atomic E-state index is -0.118. The Hall–Kier alpha value is -2.11. The molecule has 0 bridgehead atoms. The summed E-state index contributed by atoms with van der Waals surface area (Å²) in [5.41, 5.74) is 1.19. The molecule has 0 spiro atoms. The van der Waals surface area contributed by atoms with Crippen molar-refractivity contribution in [2.75, 3.05) is 14.2 Å². The number of halogens is 1. The highest BCUT2D eigenvalue weighted by Gasteiger charge is 2.15. The van der Waals surface area contributed by atoms with Crippen molar-refractivity contribution in [2.24, 2.45) is 0 Å². The Labute approximate surface area is 143 Å². The molecular formula is C17H15ClN2O2S. The molecule has 0 N–H and O–H groups in total. The first kappa shape index (κ1) is 15.8. The van der Waals surface area contributed by atoms with Gasteiger partial charge in [0.1, 0.15) is 11.4 Å². The van der Waals surface area contributed by atoms with Crippen LogP contribution in [0.15, 0.2) is 42.5 Å². The fourth-order valence-corrected chi connectivity index (χ4v) is 3.43. The molecule has 0 aliphatic heterocycles. The summed E-state index contributed by atoms with van der Waals surface area (Å²) in [7, 11) is 3.38. The van der Waals surface area contributed by atoms with E-state index in [1.807, 2.05) is 36.4 Å². The molecule has 118 valence electrons. The van der Waals surface area contributed by atoms with E-state index < -0.39 is 0 Å². The maximum absolute atomic E-state index is 12.5. The van der Waals surface area contributed by atoms with E-state index in [0.29, 0.717) is 12.2 Å². The summed E-state index contributed by atoms with van der Waals surface area (Å²) in [5, 5.41) is 0.939. The highest BCUT2D eigenvalue weighted by atomic mass is 35.5. The van der Waals surface area contributed by atoms with Crippen LogP contribution in [0.1, 0.15) is 15.4 Å². The number of benzene rings is 1. The largest absolute Gasteiger partial charge is 0.497 e. The summed E-state index contributed by atoms with van der Waals surface area (Å²) in [6, 6.07) is 13.0. The maximum Gasteiger partial charge on any atom is 0.272 e. The smallest absolute Gasteiger partial charge is 0.272 e. The zero-order valence-electron chi connectivity index (χ0n) is 12.7. The van der Waals surface area contributed by atoms with Gasteiger partial charge in [0, 0.05) is 17.3 Å². The van der Waals surface area contributed by atoms with Gasteiger partial charge in [0.05, 0.1) is 23.5 Å². The molecule has 0 radical (unpaired) electrons. The van der Waals surface area contributed by atoms with Crippen LogP contribution in [0.3, 0.4) is 0 Å². The van der Waals surface area contributed by atoms with Crippen LogP contribution in [0.4, 0.5) is 0 Å². The van der Waals surface area contributed by atoms with Gasteiger partial charge in [-0.05, 0) is 36.4 Å². The summed E-state index contributed by atoms with van der Waals surface area (Å²) >= 11 is 7.40. The molecule has 0 atom stereocenters. The van der Waals surface area contributed by atoms with Crippen LogP contribution in [0.25, 0.3) is 10.9 Å². The number of methoxy groups -OCH3 is 1. The Kier molecular flexibility index (Phi) is 4.50. The number of hydrogen-bond acceptors (Lipinski definition) is 4. The Morgan fingerprint density at radius 1 is 1.26 bits per heavy atom. The van der Waals surface area contributed by atoms with E-state index in [1.54, 1.807) is 25.1 Å². The summed E-state index contributed by atoms with van der Waals surface area (Å²) in [5.74, 6) is 0.650. The van der Waals surface area contributed by atoms with Gasteiger partial charge in [0.15, 0.2) is 0 Å². The molecule has 0 saturated heterocycles. The summed E-state index contributed by atoms with van der Waals surface area (Å²) < 4.78 is 5.91. The number of ether oxygens (including phenoxy) is 1. The van der Waals surface area contributed by atoms with E-state index in [2.05, 4.69) is 4.98 Å². The van der Waals surface area contributed by atoms with Crippen LogP contribution in [-0.2, 0) is 6.54 Å². The number of hydrogen-bond donors (Lipinski definition) is 0. The first-order chi connectivity index (χ1) is 11.1. The Morgan fingerprint density at radius 3 is 2.78 bits per heavy atom. The molecule has 2 aromatic heterocycles. The minimum absolute atomic E-state index is 0.118. The molecule has 0 fully saturated rings. The lowest BCUT2D eigenvalue weighted by Crippen LogP contribution is -2.26. The fourth-order valence-electron chi connectivity index (χ4n) is 2.29. The topological polar surface area (TPSA) is 42.4 Å². The molecule has 1 amide bonds. The molecule has 3 aromatic rings. The number of carbonyl (C=O) groups excluding carboxylic acids is 1. The van der Waals surface area contributed by atoms with Crippen LogP contribution >= 0.6 is 22.9 Å². The summed E-state index contributed by atoms with van der Waals surface area (Å²) in [6.45, 7) is 0.512. The third-order valence-electron chi connectivity index (χ3n) is 3.48. The van der Waals surface area contributed by atoms with Crippen molar-refractivity contribution >= 4 is 39.7 Å². The quantitative estimate of drug-likeness (QED) is 0.710.